The van der Waals surface area contributed by atoms with Crippen molar-refractivity contribution in [2.75, 3.05) is 6.54 Å². The van der Waals surface area contributed by atoms with Crippen molar-refractivity contribution in [2.24, 2.45) is 0 Å². The molecule has 1 unspecified atom stereocenters. The van der Waals surface area contributed by atoms with Crippen LogP contribution in [0.4, 0.5) is 0 Å². The van der Waals surface area contributed by atoms with E-state index in [4.69, 9.17) is 4.98 Å². The summed E-state index contributed by atoms with van der Waals surface area (Å²) >= 11 is 1.78. The van der Waals surface area contributed by atoms with Gasteiger partial charge in [-0.25, -0.2) is 4.98 Å². The van der Waals surface area contributed by atoms with Crippen LogP contribution in [-0.4, -0.2) is 11.5 Å². The average Bonchev–Trinajstić information content (AvgIpc) is 2.93. The zero-order chi connectivity index (χ0) is 14.7. The SMILES string of the molecule is Cc1ccccc1CCNC(C)c1nc2ccccc2s1. The third-order valence-corrected chi connectivity index (χ3v) is 5.01. The molecule has 1 heterocycles. The van der Waals surface area contributed by atoms with Gasteiger partial charge in [-0.1, -0.05) is 36.4 Å². The van der Waals surface area contributed by atoms with Gasteiger partial charge in [0, 0.05) is 0 Å². The van der Waals surface area contributed by atoms with Crippen LogP contribution in [0.5, 0.6) is 0 Å². The van der Waals surface area contributed by atoms with Crippen molar-refractivity contribution < 1.29 is 0 Å². The summed E-state index contributed by atoms with van der Waals surface area (Å²) in [7, 11) is 0. The molecule has 0 saturated heterocycles. The predicted octanol–water partition coefficient (Wildman–Crippen LogP) is 4.50. The standard InChI is InChI=1S/C18H20N2S/c1-13-7-3-4-8-15(13)11-12-19-14(2)18-20-16-9-5-6-10-17(16)21-18/h3-10,14,19H,11-12H2,1-2H3. The molecule has 2 nitrogen and oxygen atoms in total. The fraction of sp³-hybridized carbons (Fsp3) is 0.278. The lowest BCUT2D eigenvalue weighted by Gasteiger charge is -2.11. The second-order valence-electron chi connectivity index (χ2n) is 5.37. The molecule has 1 aromatic heterocycles. The van der Waals surface area contributed by atoms with E-state index in [2.05, 4.69) is 61.6 Å². The Hall–Kier alpha value is -1.71. The molecular formula is C18H20N2S. The van der Waals surface area contributed by atoms with Crippen LogP contribution in [-0.2, 0) is 6.42 Å². The minimum atomic E-state index is 0.298. The summed E-state index contributed by atoms with van der Waals surface area (Å²) in [6.07, 6.45) is 1.06. The molecule has 108 valence electrons. The number of nitrogens with zero attached hydrogens (tertiary/aromatic N) is 1. The topological polar surface area (TPSA) is 24.9 Å². The number of hydrogen-bond donors (Lipinski definition) is 1. The predicted molar refractivity (Wildman–Crippen MR) is 90.9 cm³/mol. The molecule has 3 aromatic rings. The average molecular weight is 296 g/mol. The lowest BCUT2D eigenvalue weighted by Crippen LogP contribution is -2.21. The van der Waals surface area contributed by atoms with Crippen LogP contribution in [0.3, 0.4) is 0 Å². The van der Waals surface area contributed by atoms with Crippen molar-refractivity contribution in [3.05, 3.63) is 64.7 Å². The molecule has 1 atom stereocenters. The van der Waals surface area contributed by atoms with E-state index in [1.165, 1.54) is 20.8 Å². The first kappa shape index (κ1) is 14.2. The number of rotatable bonds is 5. The van der Waals surface area contributed by atoms with E-state index in [0.29, 0.717) is 6.04 Å². The zero-order valence-corrected chi connectivity index (χ0v) is 13.3. The Morgan fingerprint density at radius 3 is 2.67 bits per heavy atom. The van der Waals surface area contributed by atoms with E-state index < -0.39 is 0 Å². The maximum Gasteiger partial charge on any atom is 0.111 e. The Kier molecular flexibility index (Phi) is 4.32. The number of fused-ring (bicyclic) bond motifs is 1. The second-order valence-corrected chi connectivity index (χ2v) is 6.43. The van der Waals surface area contributed by atoms with Gasteiger partial charge >= 0.3 is 0 Å². The smallest absolute Gasteiger partial charge is 0.111 e. The van der Waals surface area contributed by atoms with Crippen molar-refractivity contribution in [1.29, 1.82) is 0 Å². The number of hydrogen-bond acceptors (Lipinski definition) is 3. The Labute approximate surface area is 129 Å². The maximum absolute atomic E-state index is 4.71. The number of nitrogens with one attached hydrogen (secondary N) is 1. The number of aryl methyl sites for hydroxylation is 1. The van der Waals surface area contributed by atoms with Crippen LogP contribution < -0.4 is 5.32 Å². The van der Waals surface area contributed by atoms with Crippen LogP contribution in [0.25, 0.3) is 10.2 Å². The van der Waals surface area contributed by atoms with Gasteiger partial charge in [0.2, 0.25) is 0 Å². The Bertz CT molecular complexity index is 700. The van der Waals surface area contributed by atoms with Gasteiger partial charge in [-0.2, -0.15) is 0 Å². The van der Waals surface area contributed by atoms with Gasteiger partial charge in [-0.05, 0) is 50.1 Å². The molecule has 0 aliphatic carbocycles. The van der Waals surface area contributed by atoms with Crippen molar-refractivity contribution in [1.82, 2.24) is 10.3 Å². The van der Waals surface area contributed by atoms with Crippen LogP contribution >= 0.6 is 11.3 Å². The highest BCUT2D eigenvalue weighted by atomic mass is 32.1. The molecule has 1 N–H and O–H groups in total. The highest BCUT2D eigenvalue weighted by molar-refractivity contribution is 7.18. The molecule has 0 amide bonds. The summed E-state index contributed by atoms with van der Waals surface area (Å²) in [4.78, 5) is 4.71. The largest absolute Gasteiger partial charge is 0.308 e. The first-order valence-corrected chi connectivity index (χ1v) is 8.19. The molecule has 0 bridgehead atoms. The molecule has 0 saturated carbocycles. The second kappa shape index (κ2) is 6.37. The van der Waals surface area contributed by atoms with E-state index >= 15 is 0 Å². The third kappa shape index (κ3) is 3.31. The van der Waals surface area contributed by atoms with Crippen molar-refractivity contribution in [3.63, 3.8) is 0 Å². The first-order chi connectivity index (χ1) is 10.2. The summed E-state index contributed by atoms with van der Waals surface area (Å²) in [5.74, 6) is 0. The normalized spacial score (nSPS) is 12.7. The quantitative estimate of drug-likeness (QED) is 0.750. The summed E-state index contributed by atoms with van der Waals surface area (Å²) in [6, 6.07) is 17.2. The maximum atomic E-state index is 4.71. The van der Waals surface area contributed by atoms with E-state index in [1.807, 2.05) is 6.07 Å². The molecule has 21 heavy (non-hydrogen) atoms. The Morgan fingerprint density at radius 1 is 1.10 bits per heavy atom. The minimum Gasteiger partial charge on any atom is -0.308 e. The highest BCUT2D eigenvalue weighted by Crippen LogP contribution is 2.25. The van der Waals surface area contributed by atoms with Gasteiger partial charge in [0.15, 0.2) is 0 Å². The molecule has 2 aromatic carbocycles. The molecule has 0 aliphatic heterocycles. The van der Waals surface area contributed by atoms with Crippen LogP contribution in [0.2, 0.25) is 0 Å². The molecular weight excluding hydrogens is 276 g/mol. The molecule has 0 radical (unpaired) electrons. The summed E-state index contributed by atoms with van der Waals surface area (Å²) < 4.78 is 1.26. The van der Waals surface area contributed by atoms with Gasteiger partial charge in [-0.15, -0.1) is 11.3 Å². The van der Waals surface area contributed by atoms with Gasteiger partial charge in [0.25, 0.3) is 0 Å². The molecule has 3 heteroatoms. The van der Waals surface area contributed by atoms with Gasteiger partial charge in [-0.3, -0.25) is 0 Å². The van der Waals surface area contributed by atoms with E-state index in [9.17, 15) is 0 Å². The lowest BCUT2D eigenvalue weighted by atomic mass is 10.1. The fourth-order valence-electron chi connectivity index (χ4n) is 2.48. The van der Waals surface area contributed by atoms with E-state index in [1.54, 1.807) is 11.3 Å². The van der Waals surface area contributed by atoms with Crippen molar-refractivity contribution in [2.45, 2.75) is 26.3 Å². The van der Waals surface area contributed by atoms with Crippen molar-refractivity contribution in [3.8, 4) is 0 Å². The number of benzene rings is 2. The Balaban J connectivity index is 1.61. The van der Waals surface area contributed by atoms with Gasteiger partial charge in [0.1, 0.15) is 5.01 Å². The van der Waals surface area contributed by atoms with Gasteiger partial charge in [0.05, 0.1) is 16.3 Å². The number of para-hydroxylation sites is 1. The number of thiazole rings is 1. The van der Waals surface area contributed by atoms with E-state index in [0.717, 1.165) is 18.5 Å². The molecule has 0 spiro atoms. The van der Waals surface area contributed by atoms with E-state index in [-0.39, 0.29) is 0 Å². The fourth-order valence-corrected chi connectivity index (χ4v) is 3.47. The molecule has 0 fully saturated rings. The van der Waals surface area contributed by atoms with Crippen molar-refractivity contribution >= 4 is 21.6 Å². The summed E-state index contributed by atoms with van der Waals surface area (Å²) in [5.41, 5.74) is 3.89. The minimum absolute atomic E-state index is 0.298. The summed E-state index contributed by atoms with van der Waals surface area (Å²) in [6.45, 7) is 5.34. The zero-order valence-electron chi connectivity index (χ0n) is 12.5. The van der Waals surface area contributed by atoms with Gasteiger partial charge < -0.3 is 5.32 Å². The molecule has 0 aliphatic rings. The third-order valence-electron chi connectivity index (χ3n) is 3.79. The Morgan fingerprint density at radius 2 is 1.86 bits per heavy atom. The van der Waals surface area contributed by atoms with Crippen LogP contribution in [0, 0.1) is 6.92 Å². The highest BCUT2D eigenvalue weighted by Gasteiger charge is 2.10. The van der Waals surface area contributed by atoms with Crippen LogP contribution in [0.1, 0.15) is 29.1 Å². The molecule has 3 rings (SSSR count). The number of aromatic nitrogens is 1. The summed E-state index contributed by atoms with van der Waals surface area (Å²) in [5, 5.41) is 4.75. The monoisotopic (exact) mass is 296 g/mol. The first-order valence-electron chi connectivity index (χ1n) is 7.37. The van der Waals surface area contributed by atoms with Crippen LogP contribution in [0.15, 0.2) is 48.5 Å². The lowest BCUT2D eigenvalue weighted by molar-refractivity contribution is 0.574.